The lowest BCUT2D eigenvalue weighted by Gasteiger charge is -2.05. The van der Waals surface area contributed by atoms with Crippen molar-refractivity contribution >= 4 is 11.6 Å². The number of hydrogen-bond acceptors (Lipinski definition) is 2. The maximum Gasteiger partial charge on any atom is 0.269 e. The zero-order chi connectivity index (χ0) is 10.0. The molecule has 1 heterocycles. The lowest BCUT2D eigenvalue weighted by atomic mass is 10.1. The van der Waals surface area contributed by atoms with E-state index in [0.29, 0.717) is 0 Å². The summed E-state index contributed by atoms with van der Waals surface area (Å²) in [5, 5.41) is 0.00912. The standard InChI is InChI=1S/C7H7ClF2N2O/c8-4-1-3(2-11)5(6(9)10)7(13)12-4/h1,6H,2,11H2,(H,12,13). The number of halogens is 3. The summed E-state index contributed by atoms with van der Waals surface area (Å²) in [5.41, 5.74) is 3.76. The van der Waals surface area contributed by atoms with Crippen molar-refractivity contribution < 1.29 is 8.78 Å². The Bertz CT molecular complexity index is 364. The number of nitrogens with two attached hydrogens (primary N) is 1. The summed E-state index contributed by atoms with van der Waals surface area (Å²) in [6.45, 7) is -0.136. The molecule has 0 aliphatic heterocycles. The number of hydrogen-bond donors (Lipinski definition) is 2. The van der Waals surface area contributed by atoms with E-state index in [2.05, 4.69) is 4.98 Å². The topological polar surface area (TPSA) is 58.9 Å². The summed E-state index contributed by atoms with van der Waals surface area (Å²) >= 11 is 5.45. The Morgan fingerprint density at radius 2 is 2.23 bits per heavy atom. The number of aromatic amines is 1. The van der Waals surface area contributed by atoms with Gasteiger partial charge in [0.05, 0.1) is 5.56 Å². The molecule has 0 aliphatic rings. The van der Waals surface area contributed by atoms with E-state index < -0.39 is 17.5 Å². The molecule has 6 heteroatoms. The van der Waals surface area contributed by atoms with Crippen LogP contribution in [0.3, 0.4) is 0 Å². The number of aromatic nitrogens is 1. The van der Waals surface area contributed by atoms with Crippen LogP contribution in [0.2, 0.25) is 5.15 Å². The molecule has 0 aliphatic carbocycles. The summed E-state index contributed by atoms with van der Waals surface area (Å²) in [6, 6.07) is 1.23. The highest BCUT2D eigenvalue weighted by molar-refractivity contribution is 6.29. The van der Waals surface area contributed by atoms with Gasteiger partial charge in [0.1, 0.15) is 5.15 Å². The van der Waals surface area contributed by atoms with Gasteiger partial charge < -0.3 is 10.7 Å². The van der Waals surface area contributed by atoms with E-state index in [9.17, 15) is 13.6 Å². The van der Waals surface area contributed by atoms with Crippen LogP contribution in [0.15, 0.2) is 10.9 Å². The maximum absolute atomic E-state index is 12.3. The van der Waals surface area contributed by atoms with E-state index in [1.807, 2.05) is 0 Å². The van der Waals surface area contributed by atoms with Crippen molar-refractivity contribution in [2.24, 2.45) is 5.73 Å². The molecule has 72 valence electrons. The monoisotopic (exact) mass is 208 g/mol. The Balaban J connectivity index is 3.39. The van der Waals surface area contributed by atoms with Gasteiger partial charge in [-0.2, -0.15) is 0 Å². The third kappa shape index (κ3) is 2.05. The zero-order valence-electron chi connectivity index (χ0n) is 6.48. The molecule has 1 aromatic rings. The number of alkyl halides is 2. The van der Waals surface area contributed by atoms with Gasteiger partial charge >= 0.3 is 0 Å². The summed E-state index contributed by atoms with van der Waals surface area (Å²) in [6.07, 6.45) is -2.83. The maximum atomic E-state index is 12.3. The predicted molar refractivity (Wildman–Crippen MR) is 44.9 cm³/mol. The Hall–Kier alpha value is -0.940. The van der Waals surface area contributed by atoms with Crippen molar-refractivity contribution in [1.82, 2.24) is 4.98 Å². The summed E-state index contributed by atoms with van der Waals surface area (Å²) < 4.78 is 24.6. The molecule has 0 fully saturated rings. The van der Waals surface area contributed by atoms with Crippen LogP contribution in [0, 0.1) is 0 Å². The largest absolute Gasteiger partial charge is 0.326 e. The number of rotatable bonds is 2. The first-order valence-corrected chi connectivity index (χ1v) is 3.84. The van der Waals surface area contributed by atoms with Crippen LogP contribution in [0.4, 0.5) is 8.78 Å². The van der Waals surface area contributed by atoms with Gasteiger partial charge in [-0.1, -0.05) is 11.6 Å². The zero-order valence-corrected chi connectivity index (χ0v) is 7.24. The number of pyridine rings is 1. The minimum atomic E-state index is -2.83. The molecule has 0 atom stereocenters. The molecule has 0 saturated carbocycles. The van der Waals surface area contributed by atoms with Crippen molar-refractivity contribution in [3.8, 4) is 0 Å². The molecule has 0 spiro atoms. The fourth-order valence-corrected chi connectivity index (χ4v) is 1.21. The third-order valence-electron chi connectivity index (χ3n) is 1.56. The molecule has 3 nitrogen and oxygen atoms in total. The average Bonchev–Trinajstić information content (AvgIpc) is 2.01. The van der Waals surface area contributed by atoms with E-state index in [4.69, 9.17) is 17.3 Å². The third-order valence-corrected chi connectivity index (χ3v) is 1.77. The van der Waals surface area contributed by atoms with E-state index >= 15 is 0 Å². The second-order valence-corrected chi connectivity index (χ2v) is 2.80. The van der Waals surface area contributed by atoms with Crippen molar-refractivity contribution in [2.45, 2.75) is 13.0 Å². The number of nitrogens with one attached hydrogen (secondary N) is 1. The SMILES string of the molecule is NCc1cc(Cl)[nH]c(=O)c1C(F)F. The first-order valence-electron chi connectivity index (χ1n) is 3.46. The summed E-state index contributed by atoms with van der Waals surface area (Å²) in [5.74, 6) is 0. The van der Waals surface area contributed by atoms with Crippen LogP contribution in [0.1, 0.15) is 17.6 Å². The summed E-state index contributed by atoms with van der Waals surface area (Å²) in [4.78, 5) is 13.1. The average molecular weight is 209 g/mol. The lowest BCUT2D eigenvalue weighted by Crippen LogP contribution is -2.17. The molecule has 0 radical (unpaired) electrons. The van der Waals surface area contributed by atoms with Gasteiger partial charge in [-0.3, -0.25) is 4.79 Å². The molecule has 1 rings (SSSR count). The molecule has 0 saturated heterocycles. The Kier molecular flexibility index (Phi) is 3.00. The molecule has 13 heavy (non-hydrogen) atoms. The second-order valence-electron chi connectivity index (χ2n) is 2.39. The van der Waals surface area contributed by atoms with Crippen molar-refractivity contribution in [3.05, 3.63) is 32.7 Å². The summed E-state index contributed by atoms with van der Waals surface area (Å²) in [7, 11) is 0. The molecule has 0 aromatic carbocycles. The van der Waals surface area contributed by atoms with Gasteiger partial charge in [-0.05, 0) is 11.6 Å². The highest BCUT2D eigenvalue weighted by Gasteiger charge is 2.17. The highest BCUT2D eigenvalue weighted by atomic mass is 35.5. The fraction of sp³-hybridized carbons (Fsp3) is 0.286. The first-order chi connectivity index (χ1) is 6.06. The Labute approximate surface area is 77.5 Å². The molecule has 1 aromatic heterocycles. The van der Waals surface area contributed by atoms with E-state index in [1.165, 1.54) is 6.07 Å². The van der Waals surface area contributed by atoms with Crippen LogP contribution in [0.5, 0.6) is 0 Å². The van der Waals surface area contributed by atoms with Gasteiger partial charge in [-0.15, -0.1) is 0 Å². The van der Waals surface area contributed by atoms with Crippen LogP contribution in [-0.4, -0.2) is 4.98 Å². The van der Waals surface area contributed by atoms with Crippen LogP contribution in [-0.2, 0) is 6.54 Å². The normalized spacial score (nSPS) is 10.8. The van der Waals surface area contributed by atoms with Crippen LogP contribution in [0.25, 0.3) is 0 Å². The quantitative estimate of drug-likeness (QED) is 0.723. The smallest absolute Gasteiger partial charge is 0.269 e. The van der Waals surface area contributed by atoms with Gasteiger partial charge in [0.2, 0.25) is 0 Å². The van der Waals surface area contributed by atoms with Crippen molar-refractivity contribution in [3.63, 3.8) is 0 Å². The van der Waals surface area contributed by atoms with Crippen LogP contribution >= 0.6 is 11.6 Å². The molecule has 0 amide bonds. The molecular formula is C7H7ClF2N2O. The van der Waals surface area contributed by atoms with E-state index in [1.54, 1.807) is 0 Å². The van der Waals surface area contributed by atoms with E-state index in [-0.39, 0.29) is 17.3 Å². The minimum Gasteiger partial charge on any atom is -0.326 e. The molecule has 0 unspecified atom stereocenters. The molecule has 0 bridgehead atoms. The molecular weight excluding hydrogens is 202 g/mol. The van der Waals surface area contributed by atoms with Gasteiger partial charge in [0, 0.05) is 6.54 Å². The Morgan fingerprint density at radius 1 is 1.62 bits per heavy atom. The first kappa shape index (κ1) is 10.1. The van der Waals surface area contributed by atoms with Gasteiger partial charge in [0.25, 0.3) is 12.0 Å². The van der Waals surface area contributed by atoms with Crippen molar-refractivity contribution in [2.75, 3.05) is 0 Å². The minimum absolute atomic E-state index is 0.00912. The van der Waals surface area contributed by atoms with Gasteiger partial charge in [0.15, 0.2) is 0 Å². The highest BCUT2D eigenvalue weighted by Crippen LogP contribution is 2.20. The predicted octanol–water partition coefficient (Wildman–Crippen LogP) is 1.42. The number of H-pyrrole nitrogens is 1. The van der Waals surface area contributed by atoms with Gasteiger partial charge in [-0.25, -0.2) is 8.78 Å². The Morgan fingerprint density at radius 3 is 2.69 bits per heavy atom. The lowest BCUT2D eigenvalue weighted by molar-refractivity contribution is 0.148. The van der Waals surface area contributed by atoms with Crippen molar-refractivity contribution in [1.29, 1.82) is 0 Å². The van der Waals surface area contributed by atoms with Crippen LogP contribution < -0.4 is 11.3 Å². The fourth-order valence-electron chi connectivity index (χ4n) is 0.997. The molecule has 3 N–H and O–H groups in total. The second kappa shape index (κ2) is 3.85. The van der Waals surface area contributed by atoms with E-state index in [0.717, 1.165) is 0 Å².